The molecule has 0 bridgehead atoms. The molecule has 0 saturated heterocycles. The Morgan fingerprint density at radius 2 is 2.06 bits per heavy atom. The van der Waals surface area contributed by atoms with Gasteiger partial charge in [0.2, 0.25) is 0 Å². The van der Waals surface area contributed by atoms with Crippen LogP contribution in [0.2, 0.25) is 0 Å². The van der Waals surface area contributed by atoms with Crippen molar-refractivity contribution < 1.29 is 14.6 Å². The number of likely N-dealkylation sites (N-methyl/N-ethyl adjacent to an activating group) is 1. The summed E-state index contributed by atoms with van der Waals surface area (Å²) in [5.41, 5.74) is 1.06. The lowest BCUT2D eigenvalue weighted by molar-refractivity contribution is -0.151. The molecule has 0 aliphatic rings. The number of esters is 1. The number of hydrogen-bond donors (Lipinski definition) is 2. The summed E-state index contributed by atoms with van der Waals surface area (Å²) in [6.45, 7) is 0. The summed E-state index contributed by atoms with van der Waals surface area (Å²) >= 11 is 0. The van der Waals surface area contributed by atoms with Crippen LogP contribution >= 0.6 is 0 Å². The number of carbonyl (C=O) groups excluding carboxylic acids is 1. The van der Waals surface area contributed by atoms with E-state index in [0.717, 1.165) is 5.56 Å². The lowest BCUT2D eigenvalue weighted by atomic mass is 10.0. The summed E-state index contributed by atoms with van der Waals surface area (Å²) in [7, 11) is 2.97. The molecule has 1 aromatic carbocycles. The quantitative estimate of drug-likeness (QED) is 0.707. The molecule has 1 aromatic rings. The number of carbonyl (C=O) groups is 1. The van der Waals surface area contributed by atoms with Crippen molar-refractivity contribution in [2.24, 2.45) is 0 Å². The molecule has 0 amide bonds. The second-order valence-electron chi connectivity index (χ2n) is 3.55. The molecule has 0 fully saturated rings. The van der Waals surface area contributed by atoms with Gasteiger partial charge in [0.1, 0.15) is 0 Å². The van der Waals surface area contributed by atoms with E-state index < -0.39 is 12.1 Å². The molecule has 2 N–H and O–H groups in total. The maximum Gasteiger partial charge on any atom is 0.336 e. The monoisotopic (exact) mass is 223 g/mol. The lowest BCUT2D eigenvalue weighted by Gasteiger charge is -2.20. The van der Waals surface area contributed by atoms with E-state index in [-0.39, 0.29) is 6.04 Å². The Bertz CT molecular complexity index is 326. The summed E-state index contributed by atoms with van der Waals surface area (Å²) in [5.74, 6) is -0.615. The van der Waals surface area contributed by atoms with Crippen molar-refractivity contribution in [2.45, 2.75) is 18.6 Å². The molecular weight excluding hydrogens is 206 g/mol. The number of hydrogen-bond acceptors (Lipinski definition) is 4. The smallest absolute Gasteiger partial charge is 0.336 e. The molecule has 88 valence electrons. The first kappa shape index (κ1) is 12.7. The predicted molar refractivity (Wildman–Crippen MR) is 61.0 cm³/mol. The normalized spacial score (nSPS) is 14.2. The molecular formula is C12H17NO3. The molecule has 0 aliphatic heterocycles. The summed E-state index contributed by atoms with van der Waals surface area (Å²) in [4.78, 5) is 11.2. The maximum atomic E-state index is 11.2. The van der Waals surface area contributed by atoms with Crippen LogP contribution in [0.25, 0.3) is 0 Å². The zero-order chi connectivity index (χ0) is 12.0. The van der Waals surface area contributed by atoms with Crippen LogP contribution < -0.4 is 5.32 Å². The fourth-order valence-electron chi connectivity index (χ4n) is 1.52. The molecule has 4 heteroatoms. The molecule has 0 radical (unpaired) electrons. The van der Waals surface area contributed by atoms with Gasteiger partial charge in [-0.1, -0.05) is 30.3 Å². The van der Waals surface area contributed by atoms with Crippen LogP contribution in [0.1, 0.15) is 5.56 Å². The van der Waals surface area contributed by atoms with Gasteiger partial charge in [-0.3, -0.25) is 0 Å². The second kappa shape index (κ2) is 6.25. The first-order valence-corrected chi connectivity index (χ1v) is 5.16. The van der Waals surface area contributed by atoms with Crippen LogP contribution in [0.3, 0.4) is 0 Å². The highest BCUT2D eigenvalue weighted by molar-refractivity contribution is 5.75. The van der Waals surface area contributed by atoms with Crippen LogP contribution in [-0.2, 0) is 16.0 Å². The third kappa shape index (κ3) is 3.32. The van der Waals surface area contributed by atoms with Gasteiger partial charge < -0.3 is 15.2 Å². The standard InChI is InChI=1S/C12H17NO3/c1-13-10(11(14)12(15)16-2)8-9-6-4-3-5-7-9/h3-7,10-11,13-14H,8H2,1-2H3. The van der Waals surface area contributed by atoms with Crippen LogP contribution in [0, 0.1) is 0 Å². The fraction of sp³-hybridized carbons (Fsp3) is 0.417. The summed E-state index contributed by atoms with van der Waals surface area (Å²) < 4.78 is 4.50. The molecule has 1 rings (SSSR count). The van der Waals surface area contributed by atoms with Crippen molar-refractivity contribution in [2.75, 3.05) is 14.2 Å². The van der Waals surface area contributed by atoms with E-state index in [2.05, 4.69) is 10.1 Å². The molecule has 0 heterocycles. The topological polar surface area (TPSA) is 58.6 Å². The minimum Gasteiger partial charge on any atom is -0.467 e. The number of ether oxygens (including phenoxy) is 1. The van der Waals surface area contributed by atoms with E-state index in [0.29, 0.717) is 6.42 Å². The number of aliphatic hydroxyl groups is 1. The molecule has 0 aliphatic carbocycles. The lowest BCUT2D eigenvalue weighted by Crippen LogP contribution is -2.44. The fourth-order valence-corrected chi connectivity index (χ4v) is 1.52. The first-order chi connectivity index (χ1) is 7.69. The zero-order valence-electron chi connectivity index (χ0n) is 9.51. The van der Waals surface area contributed by atoms with Crippen molar-refractivity contribution >= 4 is 5.97 Å². The predicted octanol–water partition coefficient (Wildman–Crippen LogP) is 0.351. The van der Waals surface area contributed by atoms with Gasteiger partial charge in [0.15, 0.2) is 6.10 Å². The molecule has 4 nitrogen and oxygen atoms in total. The minimum absolute atomic E-state index is 0.338. The Labute approximate surface area is 95.2 Å². The molecule has 0 saturated carbocycles. The summed E-state index contributed by atoms with van der Waals surface area (Å²) in [6, 6.07) is 9.34. The summed E-state index contributed by atoms with van der Waals surface area (Å²) in [6.07, 6.45) is -0.566. The van der Waals surface area contributed by atoms with Crippen molar-refractivity contribution in [3.63, 3.8) is 0 Å². The van der Waals surface area contributed by atoms with Crippen molar-refractivity contribution in [3.8, 4) is 0 Å². The van der Waals surface area contributed by atoms with E-state index in [9.17, 15) is 9.90 Å². The van der Waals surface area contributed by atoms with E-state index in [1.54, 1.807) is 7.05 Å². The number of benzene rings is 1. The van der Waals surface area contributed by atoms with Gasteiger partial charge in [-0.2, -0.15) is 0 Å². The van der Waals surface area contributed by atoms with E-state index >= 15 is 0 Å². The molecule has 0 spiro atoms. The van der Waals surface area contributed by atoms with Crippen LogP contribution in [0.4, 0.5) is 0 Å². The highest BCUT2D eigenvalue weighted by Crippen LogP contribution is 2.06. The third-order valence-electron chi connectivity index (χ3n) is 2.49. The highest BCUT2D eigenvalue weighted by Gasteiger charge is 2.25. The molecule has 16 heavy (non-hydrogen) atoms. The Morgan fingerprint density at radius 1 is 1.44 bits per heavy atom. The van der Waals surface area contributed by atoms with Crippen LogP contribution in [-0.4, -0.2) is 37.4 Å². The number of rotatable bonds is 5. The Balaban J connectivity index is 2.65. The van der Waals surface area contributed by atoms with Gasteiger partial charge in [0, 0.05) is 6.04 Å². The maximum absolute atomic E-state index is 11.2. The van der Waals surface area contributed by atoms with Gasteiger partial charge in [0.05, 0.1) is 7.11 Å². The van der Waals surface area contributed by atoms with E-state index in [1.165, 1.54) is 7.11 Å². The average molecular weight is 223 g/mol. The Kier molecular flexibility index (Phi) is 4.95. The van der Waals surface area contributed by atoms with Crippen LogP contribution in [0.15, 0.2) is 30.3 Å². The van der Waals surface area contributed by atoms with Gasteiger partial charge in [-0.05, 0) is 19.0 Å². The van der Waals surface area contributed by atoms with Crippen LogP contribution in [0.5, 0.6) is 0 Å². The van der Waals surface area contributed by atoms with Crippen molar-refractivity contribution in [1.29, 1.82) is 0 Å². The van der Waals surface area contributed by atoms with Gasteiger partial charge in [-0.15, -0.1) is 0 Å². The number of aliphatic hydroxyl groups excluding tert-OH is 1. The number of methoxy groups -OCH3 is 1. The molecule has 0 aromatic heterocycles. The Hall–Kier alpha value is -1.39. The third-order valence-corrected chi connectivity index (χ3v) is 2.49. The largest absolute Gasteiger partial charge is 0.467 e. The van der Waals surface area contributed by atoms with Gasteiger partial charge in [-0.25, -0.2) is 4.79 Å². The Morgan fingerprint density at radius 3 is 2.56 bits per heavy atom. The highest BCUT2D eigenvalue weighted by atomic mass is 16.5. The molecule has 2 atom stereocenters. The van der Waals surface area contributed by atoms with Crippen molar-refractivity contribution in [1.82, 2.24) is 5.32 Å². The SMILES string of the molecule is CNC(Cc1ccccc1)C(O)C(=O)OC. The van der Waals surface area contributed by atoms with Gasteiger partial charge >= 0.3 is 5.97 Å². The van der Waals surface area contributed by atoms with Crippen molar-refractivity contribution in [3.05, 3.63) is 35.9 Å². The first-order valence-electron chi connectivity index (χ1n) is 5.16. The molecule has 2 unspecified atom stereocenters. The van der Waals surface area contributed by atoms with Gasteiger partial charge in [0.25, 0.3) is 0 Å². The van der Waals surface area contributed by atoms with E-state index in [4.69, 9.17) is 0 Å². The zero-order valence-corrected chi connectivity index (χ0v) is 9.51. The average Bonchev–Trinajstić information content (AvgIpc) is 2.35. The van der Waals surface area contributed by atoms with E-state index in [1.807, 2.05) is 30.3 Å². The second-order valence-corrected chi connectivity index (χ2v) is 3.55. The summed E-state index contributed by atoms with van der Waals surface area (Å²) in [5, 5.41) is 12.6. The number of nitrogens with one attached hydrogen (secondary N) is 1. The minimum atomic E-state index is -1.14.